The van der Waals surface area contributed by atoms with Gasteiger partial charge in [0.05, 0.1) is 19.2 Å². The predicted octanol–water partition coefficient (Wildman–Crippen LogP) is 3.20. The number of hydrogen-bond acceptors (Lipinski definition) is 7. The van der Waals surface area contributed by atoms with Gasteiger partial charge in [0.2, 0.25) is 5.91 Å². The summed E-state index contributed by atoms with van der Waals surface area (Å²) in [4.78, 5) is 33.8. The van der Waals surface area contributed by atoms with Crippen molar-refractivity contribution in [2.24, 2.45) is 0 Å². The highest BCUT2D eigenvalue weighted by molar-refractivity contribution is 6.32. The molecule has 1 atom stereocenters. The maximum atomic E-state index is 13.5. The van der Waals surface area contributed by atoms with Gasteiger partial charge in [-0.25, -0.2) is 4.98 Å². The molecule has 11 nitrogen and oxygen atoms in total. The Balaban J connectivity index is 1.57. The lowest BCUT2D eigenvalue weighted by molar-refractivity contribution is -0.130. The van der Waals surface area contributed by atoms with Crippen LogP contribution < -0.4 is 16.4 Å². The van der Waals surface area contributed by atoms with Gasteiger partial charge in [-0.15, -0.1) is 0 Å². The number of likely N-dealkylation sites (tertiary alicyclic amines) is 2. The number of anilines is 1. The molecule has 228 valence electrons. The largest absolute Gasteiger partial charge is 0.398 e. The number of imidazole rings is 1. The molecule has 3 heterocycles. The number of amidine groups is 1. The number of amides is 2. The van der Waals surface area contributed by atoms with E-state index in [0.29, 0.717) is 48.3 Å². The van der Waals surface area contributed by atoms with Crippen molar-refractivity contribution in [3.05, 3.63) is 57.6 Å². The average molecular weight is 620 g/mol. The van der Waals surface area contributed by atoms with Crippen molar-refractivity contribution in [3.63, 3.8) is 0 Å². The van der Waals surface area contributed by atoms with Gasteiger partial charge in [0.1, 0.15) is 17.4 Å². The Morgan fingerprint density at radius 2 is 1.98 bits per heavy atom. The van der Waals surface area contributed by atoms with Gasteiger partial charge in [-0.3, -0.25) is 19.9 Å². The fourth-order valence-electron chi connectivity index (χ4n) is 5.39. The first-order chi connectivity index (χ1) is 19.8. The highest BCUT2D eigenvalue weighted by atomic mass is 35.5. The number of rotatable bonds is 10. The normalized spacial score (nSPS) is 17.7. The van der Waals surface area contributed by atoms with Crippen molar-refractivity contribution in [1.82, 2.24) is 30.0 Å². The summed E-state index contributed by atoms with van der Waals surface area (Å²) in [5.41, 5.74) is 8.09. The zero-order valence-electron chi connectivity index (χ0n) is 24.6. The van der Waals surface area contributed by atoms with Crippen molar-refractivity contribution in [2.75, 3.05) is 52.2 Å². The quantitative estimate of drug-likeness (QED) is 0.139. The monoisotopic (exact) mass is 618 g/mol. The number of nitrogens with two attached hydrogens (primary N) is 1. The van der Waals surface area contributed by atoms with Crippen LogP contribution in [0.2, 0.25) is 10.2 Å². The standard InChI is InChI=1S/C29H40Cl2N8O3/c1-6-24(40)38-14-17(15-38)35-28(41)25-26(31)36-23(39(25)18-7-8-37(16-18)9-10-42-5)13-34-27(33)19-11-20(29(2,3)4)21(30)12-22(19)32/h6,11-12,17-18H,1,7-10,13-16,32H2,2-5H3,(H2,33,34)(H,35,41)/t18-/m1/s1. The number of methoxy groups -OCH3 is 1. The summed E-state index contributed by atoms with van der Waals surface area (Å²) < 4.78 is 7.14. The van der Waals surface area contributed by atoms with Crippen molar-refractivity contribution in [2.45, 2.75) is 51.2 Å². The van der Waals surface area contributed by atoms with E-state index in [1.807, 2.05) is 31.4 Å². The second-order valence-corrected chi connectivity index (χ2v) is 12.6. The van der Waals surface area contributed by atoms with E-state index in [-0.39, 0.29) is 52.5 Å². The van der Waals surface area contributed by atoms with Crippen LogP contribution in [0.5, 0.6) is 0 Å². The minimum absolute atomic E-state index is 0.0538. The van der Waals surface area contributed by atoms with E-state index in [2.05, 4.69) is 27.1 Å². The molecule has 2 aliphatic rings. The zero-order valence-corrected chi connectivity index (χ0v) is 26.1. The number of nitrogens with zero attached hydrogens (tertiary/aromatic N) is 4. The molecule has 2 fully saturated rings. The van der Waals surface area contributed by atoms with E-state index in [9.17, 15) is 9.59 Å². The molecule has 4 rings (SSSR count). The Bertz CT molecular complexity index is 1360. The maximum Gasteiger partial charge on any atom is 0.271 e. The summed E-state index contributed by atoms with van der Waals surface area (Å²) in [6, 6.07) is 3.27. The first-order valence-corrected chi connectivity index (χ1v) is 14.7. The molecule has 0 aliphatic carbocycles. The van der Waals surface area contributed by atoms with Crippen molar-refractivity contribution in [1.29, 1.82) is 5.41 Å². The van der Waals surface area contributed by atoms with E-state index >= 15 is 0 Å². The van der Waals surface area contributed by atoms with Crippen LogP contribution in [0.3, 0.4) is 0 Å². The third-order valence-corrected chi connectivity index (χ3v) is 8.30. The van der Waals surface area contributed by atoms with E-state index < -0.39 is 0 Å². The Kier molecular flexibility index (Phi) is 9.87. The molecule has 2 saturated heterocycles. The van der Waals surface area contributed by atoms with E-state index in [1.54, 1.807) is 18.1 Å². The number of carbonyl (C=O) groups excluding carboxylic acids is 2. The van der Waals surface area contributed by atoms with Crippen LogP contribution in [0.15, 0.2) is 24.8 Å². The topological polar surface area (TPSA) is 142 Å². The van der Waals surface area contributed by atoms with Crippen molar-refractivity contribution >= 4 is 46.5 Å². The molecule has 0 spiro atoms. The van der Waals surface area contributed by atoms with Gasteiger partial charge in [0.25, 0.3) is 5.91 Å². The number of ether oxygens (including phenoxy) is 1. The number of hydrogen-bond donors (Lipinski definition) is 4. The molecular weight excluding hydrogens is 579 g/mol. The fourth-order valence-corrected chi connectivity index (χ4v) is 6.12. The lowest BCUT2D eigenvalue weighted by atomic mass is 9.85. The number of carbonyl (C=O) groups is 2. The molecule has 2 aromatic rings. The molecule has 5 N–H and O–H groups in total. The molecule has 1 aromatic heterocycles. The number of halogens is 2. The van der Waals surface area contributed by atoms with Crippen LogP contribution in [0.25, 0.3) is 0 Å². The second-order valence-electron chi connectivity index (χ2n) is 11.8. The van der Waals surface area contributed by atoms with E-state index in [4.69, 9.17) is 39.1 Å². The lowest BCUT2D eigenvalue weighted by Gasteiger charge is -2.39. The Hall–Kier alpha value is -3.12. The third-order valence-electron chi connectivity index (χ3n) is 7.72. The summed E-state index contributed by atoms with van der Waals surface area (Å²) in [5, 5.41) is 15.5. The SMILES string of the molecule is C=CC(=O)N1CC(NC(=O)c2c(Cl)nc(CNC(=N)c3cc(C(C)(C)C)c(Cl)cc3N)n2[C@@H]2CCN(CCOC)C2)C1. The van der Waals surface area contributed by atoms with Gasteiger partial charge in [-0.2, -0.15) is 0 Å². The number of nitrogen functional groups attached to an aromatic ring is 1. The molecule has 1 aromatic carbocycles. The number of benzene rings is 1. The zero-order chi connectivity index (χ0) is 30.8. The molecule has 42 heavy (non-hydrogen) atoms. The number of nitrogens with one attached hydrogen (secondary N) is 3. The summed E-state index contributed by atoms with van der Waals surface area (Å²) in [7, 11) is 1.67. The Labute approximate surface area is 256 Å². The van der Waals surface area contributed by atoms with Gasteiger partial charge in [-0.05, 0) is 35.6 Å². The fraction of sp³-hybridized carbons (Fsp3) is 0.517. The summed E-state index contributed by atoms with van der Waals surface area (Å²) in [6.45, 7) is 13.5. The summed E-state index contributed by atoms with van der Waals surface area (Å²) >= 11 is 13.1. The third kappa shape index (κ3) is 6.91. The van der Waals surface area contributed by atoms with Crippen LogP contribution in [-0.2, 0) is 21.5 Å². The highest BCUT2D eigenvalue weighted by Crippen LogP contribution is 2.33. The summed E-state index contributed by atoms with van der Waals surface area (Å²) in [6.07, 6.45) is 2.06. The second kappa shape index (κ2) is 13.0. The van der Waals surface area contributed by atoms with Crippen LogP contribution >= 0.6 is 23.2 Å². The van der Waals surface area contributed by atoms with E-state index in [1.165, 1.54) is 6.08 Å². The molecule has 13 heteroatoms. The first-order valence-electron chi connectivity index (χ1n) is 14.0. The van der Waals surface area contributed by atoms with Crippen LogP contribution in [-0.4, -0.2) is 89.5 Å². The minimum atomic E-state index is -0.350. The Morgan fingerprint density at radius 3 is 2.62 bits per heavy atom. The molecule has 0 unspecified atom stereocenters. The van der Waals surface area contributed by atoms with Crippen molar-refractivity contribution in [3.8, 4) is 0 Å². The highest BCUT2D eigenvalue weighted by Gasteiger charge is 2.35. The Morgan fingerprint density at radius 1 is 1.26 bits per heavy atom. The van der Waals surface area contributed by atoms with Gasteiger partial charge < -0.3 is 30.6 Å². The first kappa shape index (κ1) is 31.8. The van der Waals surface area contributed by atoms with Gasteiger partial charge in [0, 0.05) is 62.1 Å². The van der Waals surface area contributed by atoms with Gasteiger partial charge in [0.15, 0.2) is 5.15 Å². The molecule has 0 radical (unpaired) electrons. The lowest BCUT2D eigenvalue weighted by Crippen LogP contribution is -2.60. The van der Waals surface area contributed by atoms with Crippen molar-refractivity contribution < 1.29 is 14.3 Å². The molecular formula is C29H40Cl2N8O3. The smallest absolute Gasteiger partial charge is 0.271 e. The molecule has 2 aliphatic heterocycles. The van der Waals surface area contributed by atoms with Gasteiger partial charge in [-0.1, -0.05) is 50.6 Å². The molecule has 0 saturated carbocycles. The van der Waals surface area contributed by atoms with Crippen LogP contribution in [0, 0.1) is 5.41 Å². The van der Waals surface area contributed by atoms with E-state index in [0.717, 1.165) is 25.1 Å². The molecule has 0 bridgehead atoms. The number of aromatic nitrogens is 2. The van der Waals surface area contributed by atoms with Crippen LogP contribution in [0.4, 0.5) is 5.69 Å². The molecule has 2 amide bonds. The van der Waals surface area contributed by atoms with Gasteiger partial charge >= 0.3 is 0 Å². The predicted molar refractivity (Wildman–Crippen MR) is 165 cm³/mol. The summed E-state index contributed by atoms with van der Waals surface area (Å²) in [5.74, 6) is 0.129. The minimum Gasteiger partial charge on any atom is -0.398 e. The average Bonchev–Trinajstić information content (AvgIpc) is 3.50. The van der Waals surface area contributed by atoms with Crippen LogP contribution in [0.1, 0.15) is 60.7 Å². The maximum absolute atomic E-state index is 13.5.